The number of aliphatic hydroxyl groups excluding tert-OH is 1. The van der Waals surface area contributed by atoms with Crippen molar-refractivity contribution in [3.05, 3.63) is 33.9 Å². The summed E-state index contributed by atoms with van der Waals surface area (Å²) in [4.78, 5) is 22.8. The lowest BCUT2D eigenvalue weighted by molar-refractivity contribution is -0.387. The molecule has 1 aromatic carbocycles. The quantitative estimate of drug-likeness (QED) is 0.472. The second-order valence-electron chi connectivity index (χ2n) is 3.90. The summed E-state index contributed by atoms with van der Waals surface area (Å²) in [6.45, 7) is 1.67. The zero-order chi connectivity index (χ0) is 14.4. The summed E-state index contributed by atoms with van der Waals surface area (Å²) in [6.07, 6.45) is 2.33. The zero-order valence-corrected chi connectivity index (χ0v) is 11.6. The van der Waals surface area contributed by atoms with E-state index < -0.39 is 10.8 Å². The van der Waals surface area contributed by atoms with Crippen molar-refractivity contribution < 1.29 is 14.8 Å². The fourth-order valence-corrected chi connectivity index (χ4v) is 2.07. The monoisotopic (exact) mass is 284 g/mol. The molecule has 1 atom stereocenters. The van der Waals surface area contributed by atoms with Crippen molar-refractivity contribution in [3.63, 3.8) is 0 Å². The number of aliphatic hydroxyl groups is 1. The van der Waals surface area contributed by atoms with E-state index in [-0.39, 0.29) is 23.9 Å². The van der Waals surface area contributed by atoms with Crippen LogP contribution in [0.2, 0.25) is 0 Å². The first-order valence-corrected chi connectivity index (χ1v) is 7.00. The Kier molecular flexibility index (Phi) is 5.78. The average Bonchev–Trinajstić information content (AvgIpc) is 2.43. The normalized spacial score (nSPS) is 11.9. The van der Waals surface area contributed by atoms with Gasteiger partial charge in [0.15, 0.2) is 0 Å². The van der Waals surface area contributed by atoms with Crippen LogP contribution in [-0.2, 0) is 0 Å². The SMILES string of the molecule is CC[C@@H](CO)NC(=O)c1ccc(SC)c([N+](=O)[O-])c1. The van der Waals surface area contributed by atoms with Crippen molar-refractivity contribution in [3.8, 4) is 0 Å². The van der Waals surface area contributed by atoms with Crippen molar-refractivity contribution in [2.45, 2.75) is 24.3 Å². The Labute approximate surface area is 115 Å². The van der Waals surface area contributed by atoms with Crippen molar-refractivity contribution in [1.29, 1.82) is 0 Å². The number of thioether (sulfide) groups is 1. The number of nitrogens with zero attached hydrogens (tertiary/aromatic N) is 1. The molecule has 1 aromatic rings. The van der Waals surface area contributed by atoms with E-state index in [1.807, 2.05) is 6.92 Å². The zero-order valence-electron chi connectivity index (χ0n) is 10.8. The lowest BCUT2D eigenvalue weighted by Gasteiger charge is -2.14. The van der Waals surface area contributed by atoms with Crippen LogP contribution in [0.3, 0.4) is 0 Å². The number of rotatable bonds is 6. The number of nitro benzene ring substituents is 1. The minimum absolute atomic E-state index is 0.0859. The maximum Gasteiger partial charge on any atom is 0.283 e. The third-order valence-electron chi connectivity index (χ3n) is 2.69. The van der Waals surface area contributed by atoms with Crippen LogP contribution in [0.25, 0.3) is 0 Å². The number of nitro groups is 1. The Morgan fingerprint density at radius 2 is 2.26 bits per heavy atom. The smallest absolute Gasteiger partial charge is 0.283 e. The molecule has 7 heteroatoms. The van der Waals surface area contributed by atoms with E-state index in [1.54, 1.807) is 12.3 Å². The van der Waals surface area contributed by atoms with Crippen molar-refractivity contribution in [2.24, 2.45) is 0 Å². The summed E-state index contributed by atoms with van der Waals surface area (Å²) in [6, 6.07) is 4.01. The van der Waals surface area contributed by atoms with Gasteiger partial charge in [0.2, 0.25) is 0 Å². The van der Waals surface area contributed by atoms with Crippen molar-refractivity contribution >= 4 is 23.4 Å². The number of nitrogens with one attached hydrogen (secondary N) is 1. The largest absolute Gasteiger partial charge is 0.394 e. The van der Waals surface area contributed by atoms with Crippen LogP contribution in [0.15, 0.2) is 23.1 Å². The van der Waals surface area contributed by atoms with Gasteiger partial charge in [-0.1, -0.05) is 6.92 Å². The van der Waals surface area contributed by atoms with Gasteiger partial charge >= 0.3 is 0 Å². The molecule has 0 heterocycles. The third-order valence-corrected chi connectivity index (χ3v) is 3.47. The fraction of sp³-hybridized carbons (Fsp3) is 0.417. The van der Waals surface area contributed by atoms with Gasteiger partial charge in [0.25, 0.3) is 11.6 Å². The highest BCUT2D eigenvalue weighted by atomic mass is 32.2. The molecule has 2 N–H and O–H groups in total. The maximum absolute atomic E-state index is 11.9. The van der Waals surface area contributed by atoms with Crippen LogP contribution in [0, 0.1) is 10.1 Å². The molecule has 0 spiro atoms. The molecule has 1 rings (SSSR count). The lowest BCUT2D eigenvalue weighted by atomic mass is 10.1. The molecule has 19 heavy (non-hydrogen) atoms. The number of hydrogen-bond acceptors (Lipinski definition) is 5. The second-order valence-corrected chi connectivity index (χ2v) is 4.75. The van der Waals surface area contributed by atoms with Crippen molar-refractivity contribution in [2.75, 3.05) is 12.9 Å². The minimum atomic E-state index is -0.508. The summed E-state index contributed by atoms with van der Waals surface area (Å²) in [5.74, 6) is -0.420. The summed E-state index contributed by atoms with van der Waals surface area (Å²) < 4.78 is 0. The molecular weight excluding hydrogens is 268 g/mol. The van der Waals surface area contributed by atoms with Gasteiger partial charge in [-0.25, -0.2) is 0 Å². The average molecular weight is 284 g/mol. The topological polar surface area (TPSA) is 92.5 Å². The summed E-state index contributed by atoms with van der Waals surface area (Å²) in [5, 5.41) is 22.5. The molecular formula is C12H16N2O4S. The van der Waals surface area contributed by atoms with E-state index >= 15 is 0 Å². The Hall–Kier alpha value is -1.60. The summed E-state index contributed by atoms with van der Waals surface area (Å²) in [5.41, 5.74) is 0.133. The van der Waals surface area contributed by atoms with Crippen LogP contribution in [0.5, 0.6) is 0 Å². The molecule has 0 aliphatic carbocycles. The van der Waals surface area contributed by atoms with Crippen LogP contribution in [0.4, 0.5) is 5.69 Å². The third kappa shape index (κ3) is 3.93. The minimum Gasteiger partial charge on any atom is -0.394 e. The van der Waals surface area contributed by atoms with Crippen LogP contribution in [-0.4, -0.2) is 34.8 Å². The number of carbonyl (C=O) groups is 1. The molecule has 1 amide bonds. The first kappa shape index (κ1) is 15.5. The van der Waals surface area contributed by atoms with Gasteiger partial charge in [0.05, 0.1) is 22.5 Å². The number of hydrogen-bond donors (Lipinski definition) is 2. The van der Waals surface area contributed by atoms with E-state index in [2.05, 4.69) is 5.32 Å². The highest BCUT2D eigenvalue weighted by molar-refractivity contribution is 7.98. The van der Waals surface area contributed by atoms with E-state index in [0.717, 1.165) is 0 Å². The molecule has 0 saturated heterocycles. The first-order chi connectivity index (χ1) is 9.03. The van der Waals surface area contributed by atoms with Crippen LogP contribution >= 0.6 is 11.8 Å². The van der Waals surface area contributed by atoms with Gasteiger partial charge in [-0.2, -0.15) is 0 Å². The highest BCUT2D eigenvalue weighted by Gasteiger charge is 2.18. The summed E-state index contributed by atoms with van der Waals surface area (Å²) in [7, 11) is 0. The Morgan fingerprint density at radius 1 is 1.58 bits per heavy atom. The van der Waals surface area contributed by atoms with Gasteiger partial charge in [0, 0.05) is 11.6 Å². The standard InChI is InChI=1S/C12H16N2O4S/c1-3-9(7-15)13-12(16)8-4-5-11(19-2)10(6-8)14(17)18/h4-6,9,15H,3,7H2,1-2H3,(H,13,16)/t9-/m0/s1. The summed E-state index contributed by atoms with van der Waals surface area (Å²) >= 11 is 1.25. The van der Waals surface area contributed by atoms with Crippen LogP contribution in [0.1, 0.15) is 23.7 Å². The highest BCUT2D eigenvalue weighted by Crippen LogP contribution is 2.28. The molecule has 0 fully saturated rings. The second kappa shape index (κ2) is 7.10. The number of carbonyl (C=O) groups excluding carboxylic acids is 1. The van der Waals surface area contributed by atoms with E-state index in [1.165, 1.54) is 23.9 Å². The molecule has 0 bridgehead atoms. The van der Waals surface area contributed by atoms with Gasteiger partial charge < -0.3 is 10.4 Å². The molecule has 0 aliphatic rings. The predicted molar refractivity (Wildman–Crippen MR) is 73.5 cm³/mol. The van der Waals surface area contributed by atoms with Crippen LogP contribution < -0.4 is 5.32 Å². The van der Waals surface area contributed by atoms with Crippen molar-refractivity contribution in [1.82, 2.24) is 5.32 Å². The Bertz CT molecular complexity index is 475. The van der Waals surface area contributed by atoms with E-state index in [4.69, 9.17) is 5.11 Å². The molecule has 0 aromatic heterocycles. The first-order valence-electron chi connectivity index (χ1n) is 5.77. The molecule has 6 nitrogen and oxygen atoms in total. The fourth-order valence-electron chi connectivity index (χ4n) is 1.52. The number of benzene rings is 1. The maximum atomic E-state index is 11.9. The van der Waals surface area contributed by atoms with E-state index in [9.17, 15) is 14.9 Å². The molecule has 104 valence electrons. The van der Waals surface area contributed by atoms with Gasteiger partial charge in [-0.05, 0) is 24.8 Å². The molecule has 0 aliphatic heterocycles. The lowest BCUT2D eigenvalue weighted by Crippen LogP contribution is -2.36. The molecule has 0 saturated carbocycles. The van der Waals surface area contributed by atoms with Gasteiger partial charge in [-0.3, -0.25) is 14.9 Å². The predicted octanol–water partition coefficient (Wildman–Crippen LogP) is 1.82. The van der Waals surface area contributed by atoms with Gasteiger partial charge in [0.1, 0.15) is 0 Å². The van der Waals surface area contributed by atoms with E-state index in [0.29, 0.717) is 11.3 Å². The molecule has 0 radical (unpaired) electrons. The van der Waals surface area contributed by atoms with Gasteiger partial charge in [-0.15, -0.1) is 11.8 Å². The molecule has 0 unspecified atom stereocenters. The Morgan fingerprint density at radius 3 is 2.74 bits per heavy atom. The Balaban J connectivity index is 2.98. The number of amides is 1.